The summed E-state index contributed by atoms with van der Waals surface area (Å²) < 4.78 is 6.04. The number of para-hydroxylation sites is 1. The summed E-state index contributed by atoms with van der Waals surface area (Å²) in [4.78, 5) is 2.42. The summed E-state index contributed by atoms with van der Waals surface area (Å²) in [6.45, 7) is 12.8. The highest BCUT2D eigenvalue weighted by Crippen LogP contribution is 2.27. The normalized spacial score (nSPS) is 11.4. The van der Waals surface area contributed by atoms with E-state index in [9.17, 15) is 0 Å². The molecule has 0 aliphatic rings. The van der Waals surface area contributed by atoms with Gasteiger partial charge >= 0.3 is 0 Å². The first-order chi connectivity index (χ1) is 10.3. The summed E-state index contributed by atoms with van der Waals surface area (Å²) in [6, 6.07) is 8.31. The SMILES string of the molecule is C=CCN(CCC)Cc1c(CNCC)oc2ccccc12. The smallest absolute Gasteiger partial charge is 0.134 e. The molecule has 0 unspecified atom stereocenters. The van der Waals surface area contributed by atoms with Crippen LogP contribution in [-0.4, -0.2) is 24.5 Å². The quantitative estimate of drug-likeness (QED) is 0.708. The van der Waals surface area contributed by atoms with E-state index >= 15 is 0 Å². The van der Waals surface area contributed by atoms with Crippen molar-refractivity contribution >= 4 is 11.0 Å². The van der Waals surface area contributed by atoms with Crippen LogP contribution >= 0.6 is 0 Å². The summed E-state index contributed by atoms with van der Waals surface area (Å²) in [7, 11) is 0. The Bertz CT molecular complexity index is 574. The lowest BCUT2D eigenvalue weighted by Gasteiger charge is -2.20. The molecule has 0 fully saturated rings. The number of fused-ring (bicyclic) bond motifs is 1. The van der Waals surface area contributed by atoms with Crippen LogP contribution in [0.2, 0.25) is 0 Å². The molecule has 114 valence electrons. The van der Waals surface area contributed by atoms with Gasteiger partial charge in [0.1, 0.15) is 11.3 Å². The molecule has 0 aliphatic carbocycles. The lowest BCUT2D eigenvalue weighted by molar-refractivity contribution is 0.293. The fourth-order valence-electron chi connectivity index (χ4n) is 2.66. The zero-order chi connectivity index (χ0) is 15.1. The molecular formula is C18H26N2O. The fourth-order valence-corrected chi connectivity index (χ4v) is 2.66. The van der Waals surface area contributed by atoms with Gasteiger partial charge in [-0.1, -0.05) is 38.1 Å². The first-order valence-electron chi connectivity index (χ1n) is 7.83. The first-order valence-corrected chi connectivity index (χ1v) is 7.83. The summed E-state index contributed by atoms with van der Waals surface area (Å²) in [5.41, 5.74) is 2.29. The molecule has 2 aromatic rings. The molecule has 3 heteroatoms. The largest absolute Gasteiger partial charge is 0.459 e. The minimum Gasteiger partial charge on any atom is -0.459 e. The van der Waals surface area contributed by atoms with E-state index < -0.39 is 0 Å². The van der Waals surface area contributed by atoms with Crippen molar-refractivity contribution in [2.24, 2.45) is 0 Å². The van der Waals surface area contributed by atoms with E-state index in [0.717, 1.165) is 50.5 Å². The van der Waals surface area contributed by atoms with Gasteiger partial charge in [0.15, 0.2) is 0 Å². The third-order valence-electron chi connectivity index (χ3n) is 3.63. The molecule has 1 aromatic carbocycles. The third-order valence-corrected chi connectivity index (χ3v) is 3.63. The maximum atomic E-state index is 6.04. The van der Waals surface area contributed by atoms with Crippen LogP contribution < -0.4 is 5.32 Å². The monoisotopic (exact) mass is 286 g/mol. The van der Waals surface area contributed by atoms with Crippen LogP contribution in [0.1, 0.15) is 31.6 Å². The van der Waals surface area contributed by atoms with Gasteiger partial charge in [-0.05, 0) is 25.6 Å². The maximum Gasteiger partial charge on any atom is 0.134 e. The van der Waals surface area contributed by atoms with Gasteiger partial charge in [-0.3, -0.25) is 4.90 Å². The van der Waals surface area contributed by atoms with Gasteiger partial charge < -0.3 is 9.73 Å². The molecule has 0 saturated heterocycles. The molecule has 1 aromatic heterocycles. The third kappa shape index (κ3) is 3.96. The van der Waals surface area contributed by atoms with E-state index in [2.05, 4.69) is 42.8 Å². The molecule has 3 nitrogen and oxygen atoms in total. The Morgan fingerprint density at radius 1 is 1.29 bits per heavy atom. The van der Waals surface area contributed by atoms with Crippen LogP contribution in [0.15, 0.2) is 41.3 Å². The molecule has 0 bridgehead atoms. The van der Waals surface area contributed by atoms with Crippen molar-refractivity contribution < 1.29 is 4.42 Å². The minimum absolute atomic E-state index is 0.786. The number of benzene rings is 1. The Kier molecular flexibility index (Phi) is 6.03. The second kappa shape index (κ2) is 8.01. The lowest BCUT2D eigenvalue weighted by atomic mass is 10.1. The van der Waals surface area contributed by atoms with Crippen molar-refractivity contribution in [3.63, 3.8) is 0 Å². The Labute approximate surface area is 127 Å². The van der Waals surface area contributed by atoms with Gasteiger partial charge in [0, 0.05) is 24.0 Å². The molecule has 0 amide bonds. The molecule has 0 aliphatic heterocycles. The predicted molar refractivity (Wildman–Crippen MR) is 89.4 cm³/mol. The molecular weight excluding hydrogens is 260 g/mol. The van der Waals surface area contributed by atoms with Gasteiger partial charge in [0.2, 0.25) is 0 Å². The topological polar surface area (TPSA) is 28.4 Å². The molecule has 0 spiro atoms. The Balaban J connectivity index is 2.31. The highest BCUT2D eigenvalue weighted by Gasteiger charge is 2.15. The highest BCUT2D eigenvalue weighted by molar-refractivity contribution is 5.82. The van der Waals surface area contributed by atoms with E-state index in [1.165, 1.54) is 10.9 Å². The Morgan fingerprint density at radius 3 is 2.81 bits per heavy atom. The van der Waals surface area contributed by atoms with Crippen LogP contribution in [0, 0.1) is 0 Å². The van der Waals surface area contributed by atoms with Gasteiger partial charge in [0.25, 0.3) is 0 Å². The molecule has 1 N–H and O–H groups in total. The summed E-state index contributed by atoms with van der Waals surface area (Å²) in [5, 5.41) is 4.60. The number of hydrogen-bond acceptors (Lipinski definition) is 3. The predicted octanol–water partition coefficient (Wildman–Crippen LogP) is 3.94. The van der Waals surface area contributed by atoms with Gasteiger partial charge in [0.05, 0.1) is 6.54 Å². The van der Waals surface area contributed by atoms with Crippen molar-refractivity contribution in [3.05, 3.63) is 48.2 Å². The lowest BCUT2D eigenvalue weighted by Crippen LogP contribution is -2.25. The molecule has 0 radical (unpaired) electrons. The van der Waals surface area contributed by atoms with E-state index in [0.29, 0.717) is 0 Å². The second-order valence-corrected chi connectivity index (χ2v) is 5.30. The minimum atomic E-state index is 0.786. The number of nitrogens with one attached hydrogen (secondary N) is 1. The molecule has 1 heterocycles. The average molecular weight is 286 g/mol. The summed E-state index contributed by atoms with van der Waals surface area (Å²) in [6.07, 6.45) is 3.12. The Hall–Kier alpha value is -1.58. The number of furan rings is 1. The standard InChI is InChI=1S/C18H26N2O/c1-4-11-20(12-5-2)14-16-15-9-7-8-10-17(15)21-18(16)13-19-6-3/h4,7-10,19H,1,5-6,11-14H2,2-3H3. The van der Waals surface area contributed by atoms with Crippen molar-refractivity contribution in [1.82, 2.24) is 10.2 Å². The van der Waals surface area contributed by atoms with Crippen molar-refractivity contribution in [1.29, 1.82) is 0 Å². The molecule has 0 atom stereocenters. The van der Waals surface area contributed by atoms with Crippen molar-refractivity contribution in [3.8, 4) is 0 Å². The average Bonchev–Trinajstić information content (AvgIpc) is 2.84. The van der Waals surface area contributed by atoms with Gasteiger partial charge in [-0.2, -0.15) is 0 Å². The van der Waals surface area contributed by atoms with E-state index in [4.69, 9.17) is 4.42 Å². The van der Waals surface area contributed by atoms with Gasteiger partial charge in [-0.15, -0.1) is 6.58 Å². The fraction of sp³-hybridized carbons (Fsp3) is 0.444. The van der Waals surface area contributed by atoms with E-state index in [1.54, 1.807) is 0 Å². The van der Waals surface area contributed by atoms with Gasteiger partial charge in [-0.25, -0.2) is 0 Å². The zero-order valence-electron chi connectivity index (χ0n) is 13.2. The number of nitrogens with zero attached hydrogens (tertiary/aromatic N) is 1. The number of hydrogen-bond donors (Lipinski definition) is 1. The van der Waals surface area contributed by atoms with E-state index in [1.807, 2.05) is 18.2 Å². The van der Waals surface area contributed by atoms with Crippen LogP contribution in [0.5, 0.6) is 0 Å². The molecule has 0 saturated carbocycles. The van der Waals surface area contributed by atoms with Crippen LogP contribution in [0.3, 0.4) is 0 Å². The maximum absolute atomic E-state index is 6.04. The van der Waals surface area contributed by atoms with Crippen LogP contribution in [0.25, 0.3) is 11.0 Å². The first kappa shape index (κ1) is 15.8. The summed E-state index contributed by atoms with van der Waals surface area (Å²) >= 11 is 0. The Morgan fingerprint density at radius 2 is 2.10 bits per heavy atom. The molecule has 21 heavy (non-hydrogen) atoms. The number of rotatable bonds is 9. The molecule has 2 rings (SSSR count). The van der Waals surface area contributed by atoms with Crippen LogP contribution in [0.4, 0.5) is 0 Å². The summed E-state index contributed by atoms with van der Waals surface area (Å²) in [5.74, 6) is 1.06. The van der Waals surface area contributed by atoms with Crippen molar-refractivity contribution in [2.45, 2.75) is 33.4 Å². The zero-order valence-corrected chi connectivity index (χ0v) is 13.2. The van der Waals surface area contributed by atoms with Crippen molar-refractivity contribution in [2.75, 3.05) is 19.6 Å². The van der Waals surface area contributed by atoms with E-state index in [-0.39, 0.29) is 0 Å². The highest BCUT2D eigenvalue weighted by atomic mass is 16.3. The second-order valence-electron chi connectivity index (χ2n) is 5.30. The van der Waals surface area contributed by atoms with Crippen LogP contribution in [-0.2, 0) is 13.1 Å².